The number of nitrogens with two attached hydrogens (primary N) is 1. The first-order valence-corrected chi connectivity index (χ1v) is 6.39. The first-order chi connectivity index (χ1) is 7.70. The van der Waals surface area contributed by atoms with E-state index in [-0.39, 0.29) is 5.91 Å². The number of carbonyl (C=O) groups excluding carboxylic acids is 1. The Kier molecular flexibility index (Phi) is 10.1. The summed E-state index contributed by atoms with van der Waals surface area (Å²) in [7, 11) is 0. The van der Waals surface area contributed by atoms with E-state index in [0.717, 1.165) is 13.0 Å². The summed E-state index contributed by atoms with van der Waals surface area (Å²) in [5.41, 5.74) is 5.03. The number of rotatable bonds is 10. The molecule has 0 spiro atoms. The molecule has 0 saturated heterocycles. The highest BCUT2D eigenvalue weighted by Crippen LogP contribution is 2.00. The topological polar surface area (TPSA) is 46.3 Å². The molecule has 0 aliphatic carbocycles. The van der Waals surface area contributed by atoms with Gasteiger partial charge in [0.25, 0.3) is 0 Å². The minimum absolute atomic E-state index is 0.353. The highest BCUT2D eigenvalue weighted by Gasteiger charge is 2.01. The van der Waals surface area contributed by atoms with Crippen LogP contribution in [0.15, 0.2) is 12.2 Å². The molecule has 0 aromatic heterocycles. The van der Waals surface area contributed by atoms with Gasteiger partial charge >= 0.3 is 0 Å². The maximum Gasteiger partial charge on any atom is 0.241 e. The minimum Gasteiger partial charge on any atom is -0.366 e. The third-order valence-electron chi connectivity index (χ3n) is 2.55. The van der Waals surface area contributed by atoms with Crippen LogP contribution in [0.3, 0.4) is 0 Å². The summed E-state index contributed by atoms with van der Waals surface area (Å²) in [6.45, 7) is 7.79. The maximum absolute atomic E-state index is 10.5. The molecule has 0 unspecified atom stereocenters. The van der Waals surface area contributed by atoms with E-state index in [1.807, 2.05) is 6.08 Å². The zero-order chi connectivity index (χ0) is 12.2. The van der Waals surface area contributed by atoms with E-state index in [4.69, 9.17) is 5.73 Å². The summed E-state index contributed by atoms with van der Waals surface area (Å²) in [6.07, 6.45) is 9.22. The van der Waals surface area contributed by atoms with Gasteiger partial charge in [0.2, 0.25) is 5.91 Å². The van der Waals surface area contributed by atoms with Crippen LogP contribution >= 0.6 is 0 Å². The van der Waals surface area contributed by atoms with Crippen molar-refractivity contribution in [2.75, 3.05) is 19.6 Å². The Morgan fingerprint density at radius 2 is 1.69 bits per heavy atom. The van der Waals surface area contributed by atoms with Gasteiger partial charge in [0.1, 0.15) is 0 Å². The largest absolute Gasteiger partial charge is 0.366 e. The molecule has 0 saturated carbocycles. The van der Waals surface area contributed by atoms with Gasteiger partial charge in [-0.25, -0.2) is 0 Å². The number of carbonyl (C=O) groups is 1. The van der Waals surface area contributed by atoms with Gasteiger partial charge in [0.15, 0.2) is 0 Å². The van der Waals surface area contributed by atoms with E-state index in [1.54, 1.807) is 0 Å². The predicted octanol–water partition coefficient (Wildman–Crippen LogP) is 2.32. The van der Waals surface area contributed by atoms with E-state index in [2.05, 4.69) is 18.7 Å². The molecule has 3 nitrogen and oxygen atoms in total. The SMILES string of the molecule is CCCCN(CCC=CC(N)=O)CCCC. The third-order valence-corrected chi connectivity index (χ3v) is 2.55. The first-order valence-electron chi connectivity index (χ1n) is 6.39. The van der Waals surface area contributed by atoms with Gasteiger partial charge in [-0.05, 0) is 38.4 Å². The molecule has 2 N–H and O–H groups in total. The lowest BCUT2D eigenvalue weighted by Crippen LogP contribution is -2.27. The van der Waals surface area contributed by atoms with Crippen molar-refractivity contribution in [3.05, 3.63) is 12.2 Å². The standard InChI is InChI=1S/C13H26N2O/c1-3-5-10-15(11-6-4-2)12-8-7-9-13(14)16/h7,9H,3-6,8,10-12H2,1-2H3,(H2,14,16). The predicted molar refractivity (Wildman–Crippen MR) is 69.2 cm³/mol. The lowest BCUT2D eigenvalue weighted by Gasteiger charge is -2.20. The highest BCUT2D eigenvalue weighted by molar-refractivity contribution is 5.85. The van der Waals surface area contributed by atoms with E-state index in [1.165, 1.54) is 44.8 Å². The van der Waals surface area contributed by atoms with E-state index in [0.29, 0.717) is 0 Å². The Balaban J connectivity index is 3.76. The van der Waals surface area contributed by atoms with Crippen molar-refractivity contribution in [2.45, 2.75) is 46.0 Å². The molecular formula is C13H26N2O. The summed E-state index contributed by atoms with van der Waals surface area (Å²) in [6, 6.07) is 0. The Morgan fingerprint density at radius 1 is 1.12 bits per heavy atom. The second kappa shape index (κ2) is 10.7. The Morgan fingerprint density at radius 3 is 2.12 bits per heavy atom. The second-order valence-corrected chi connectivity index (χ2v) is 4.14. The van der Waals surface area contributed by atoms with Crippen molar-refractivity contribution < 1.29 is 4.79 Å². The summed E-state index contributed by atoms with van der Waals surface area (Å²) in [4.78, 5) is 13.0. The number of hydrogen-bond donors (Lipinski definition) is 1. The molecule has 16 heavy (non-hydrogen) atoms. The highest BCUT2D eigenvalue weighted by atomic mass is 16.1. The van der Waals surface area contributed by atoms with Crippen molar-refractivity contribution in [3.63, 3.8) is 0 Å². The molecule has 3 heteroatoms. The molecular weight excluding hydrogens is 200 g/mol. The van der Waals surface area contributed by atoms with Crippen molar-refractivity contribution in [1.82, 2.24) is 4.90 Å². The lowest BCUT2D eigenvalue weighted by molar-refractivity contribution is -0.113. The van der Waals surface area contributed by atoms with Gasteiger partial charge in [0, 0.05) is 6.54 Å². The fourth-order valence-corrected chi connectivity index (χ4v) is 1.56. The van der Waals surface area contributed by atoms with Gasteiger partial charge in [-0.3, -0.25) is 4.79 Å². The summed E-state index contributed by atoms with van der Waals surface area (Å²) < 4.78 is 0. The second-order valence-electron chi connectivity index (χ2n) is 4.14. The van der Waals surface area contributed by atoms with E-state index < -0.39 is 0 Å². The molecule has 0 aromatic carbocycles. The normalized spacial score (nSPS) is 11.4. The molecule has 0 aliphatic rings. The Bertz CT molecular complexity index is 194. The molecule has 0 heterocycles. The fraction of sp³-hybridized carbons (Fsp3) is 0.769. The summed E-state index contributed by atoms with van der Waals surface area (Å²) in [5.74, 6) is -0.353. The van der Waals surface area contributed by atoms with Gasteiger partial charge in [-0.15, -0.1) is 0 Å². The van der Waals surface area contributed by atoms with Crippen LogP contribution in [0.25, 0.3) is 0 Å². The van der Waals surface area contributed by atoms with Crippen molar-refractivity contribution in [2.24, 2.45) is 5.73 Å². The van der Waals surface area contributed by atoms with Crippen LogP contribution in [-0.4, -0.2) is 30.4 Å². The van der Waals surface area contributed by atoms with Gasteiger partial charge in [-0.1, -0.05) is 32.8 Å². The van der Waals surface area contributed by atoms with E-state index >= 15 is 0 Å². The van der Waals surface area contributed by atoms with E-state index in [9.17, 15) is 4.79 Å². The molecule has 94 valence electrons. The van der Waals surface area contributed by atoms with Gasteiger partial charge in [0.05, 0.1) is 0 Å². The van der Waals surface area contributed by atoms with Crippen molar-refractivity contribution in [3.8, 4) is 0 Å². The monoisotopic (exact) mass is 226 g/mol. The number of amides is 1. The third kappa shape index (κ3) is 9.71. The van der Waals surface area contributed by atoms with Crippen LogP contribution in [0.1, 0.15) is 46.0 Å². The Labute approximate surface area is 99.7 Å². The zero-order valence-corrected chi connectivity index (χ0v) is 10.7. The van der Waals surface area contributed by atoms with Crippen LogP contribution in [-0.2, 0) is 4.79 Å². The maximum atomic E-state index is 10.5. The molecule has 1 amide bonds. The lowest BCUT2D eigenvalue weighted by atomic mass is 10.2. The fourth-order valence-electron chi connectivity index (χ4n) is 1.56. The minimum atomic E-state index is -0.353. The molecule has 0 atom stereocenters. The average Bonchev–Trinajstić information content (AvgIpc) is 2.26. The van der Waals surface area contributed by atoms with Crippen LogP contribution in [0.4, 0.5) is 0 Å². The average molecular weight is 226 g/mol. The van der Waals surface area contributed by atoms with Crippen molar-refractivity contribution >= 4 is 5.91 Å². The number of primary amides is 1. The Hall–Kier alpha value is -0.830. The van der Waals surface area contributed by atoms with Gasteiger partial charge < -0.3 is 10.6 Å². The molecule has 0 aromatic rings. The smallest absolute Gasteiger partial charge is 0.241 e. The van der Waals surface area contributed by atoms with Crippen LogP contribution in [0.5, 0.6) is 0 Å². The van der Waals surface area contributed by atoms with Crippen LogP contribution < -0.4 is 5.73 Å². The summed E-state index contributed by atoms with van der Waals surface area (Å²) in [5, 5.41) is 0. The zero-order valence-electron chi connectivity index (χ0n) is 10.7. The van der Waals surface area contributed by atoms with Gasteiger partial charge in [-0.2, -0.15) is 0 Å². The molecule has 0 aliphatic heterocycles. The quantitative estimate of drug-likeness (QED) is 0.581. The van der Waals surface area contributed by atoms with Crippen LogP contribution in [0, 0.1) is 0 Å². The number of hydrogen-bond acceptors (Lipinski definition) is 2. The van der Waals surface area contributed by atoms with Crippen LogP contribution in [0.2, 0.25) is 0 Å². The first kappa shape index (κ1) is 15.2. The van der Waals surface area contributed by atoms with Crippen molar-refractivity contribution in [1.29, 1.82) is 0 Å². The molecule has 0 rings (SSSR count). The molecule has 0 bridgehead atoms. The molecule has 0 fully saturated rings. The number of unbranched alkanes of at least 4 members (excludes halogenated alkanes) is 2. The summed E-state index contributed by atoms with van der Waals surface area (Å²) >= 11 is 0. The molecule has 0 radical (unpaired) electrons. The number of nitrogens with zero attached hydrogens (tertiary/aromatic N) is 1.